The molecule has 1 aliphatic carbocycles. The van der Waals surface area contributed by atoms with E-state index in [0.717, 1.165) is 32.5 Å². The van der Waals surface area contributed by atoms with E-state index in [2.05, 4.69) is 29.2 Å². The van der Waals surface area contributed by atoms with E-state index in [1.165, 1.54) is 45.2 Å². The number of rotatable bonds is 8. The van der Waals surface area contributed by atoms with Gasteiger partial charge in [0.2, 0.25) is 5.91 Å². The van der Waals surface area contributed by atoms with Crippen LogP contribution in [0.25, 0.3) is 0 Å². The molecule has 1 heterocycles. The molecule has 0 aromatic rings. The summed E-state index contributed by atoms with van der Waals surface area (Å²) >= 11 is 0. The van der Waals surface area contributed by atoms with Gasteiger partial charge in [-0.1, -0.05) is 19.3 Å². The fourth-order valence-corrected chi connectivity index (χ4v) is 4.17. The average Bonchev–Trinajstić information content (AvgIpc) is 2.60. The van der Waals surface area contributed by atoms with Gasteiger partial charge in [0.15, 0.2) is 0 Å². The van der Waals surface area contributed by atoms with Gasteiger partial charge >= 0.3 is 0 Å². The number of likely N-dealkylation sites (tertiary alicyclic amines) is 1. The van der Waals surface area contributed by atoms with Crippen LogP contribution in [0, 0.1) is 11.3 Å². The third-order valence-corrected chi connectivity index (χ3v) is 6.04. The Labute approximate surface area is 172 Å². The number of nitrogens with one attached hydrogen (secondary N) is 1. The molecule has 5 nitrogen and oxygen atoms in total. The van der Waals surface area contributed by atoms with Crippen LogP contribution in [0.5, 0.6) is 0 Å². The summed E-state index contributed by atoms with van der Waals surface area (Å²) in [6.45, 7) is 6.13. The lowest BCUT2D eigenvalue weighted by atomic mass is 9.71. The fourth-order valence-electron chi connectivity index (χ4n) is 4.17. The average molecular weight is 411 g/mol. The molecule has 26 heavy (non-hydrogen) atoms. The molecule has 1 amide bonds. The molecule has 0 aromatic carbocycles. The fraction of sp³-hybridized carbons (Fsp3) is 0.947. The number of halogens is 2. The zero-order chi connectivity index (χ0) is 17.4. The Bertz CT molecular complexity index is 382. The van der Waals surface area contributed by atoms with Crippen LogP contribution in [0.3, 0.4) is 0 Å². The third kappa shape index (κ3) is 8.75. The van der Waals surface area contributed by atoms with Crippen molar-refractivity contribution in [2.75, 3.05) is 53.4 Å². The van der Waals surface area contributed by atoms with Gasteiger partial charge in [-0.2, -0.15) is 0 Å². The van der Waals surface area contributed by atoms with E-state index in [0.29, 0.717) is 18.9 Å². The summed E-state index contributed by atoms with van der Waals surface area (Å²) in [4.78, 5) is 17.2. The van der Waals surface area contributed by atoms with Gasteiger partial charge in [-0.3, -0.25) is 4.79 Å². The Kier molecular flexibility index (Phi) is 13.1. The number of nitrogens with zero attached hydrogens (tertiary/aromatic N) is 2. The highest BCUT2D eigenvalue weighted by Gasteiger charge is 2.33. The minimum Gasteiger partial charge on any atom is -0.356 e. The molecule has 0 atom stereocenters. The second-order valence-electron chi connectivity index (χ2n) is 8.33. The molecule has 3 N–H and O–H groups in total. The number of nitrogens with two attached hydrogens (primary N) is 1. The molecule has 0 spiro atoms. The molecule has 0 aromatic heterocycles. The van der Waals surface area contributed by atoms with Crippen LogP contribution >= 0.6 is 24.8 Å². The highest BCUT2D eigenvalue weighted by molar-refractivity contribution is 5.85. The highest BCUT2D eigenvalue weighted by Crippen LogP contribution is 2.38. The summed E-state index contributed by atoms with van der Waals surface area (Å²) in [5.74, 6) is 0.863. The molecule has 2 rings (SSSR count). The minimum absolute atomic E-state index is 0. The summed E-state index contributed by atoms with van der Waals surface area (Å²) < 4.78 is 0. The maximum absolute atomic E-state index is 12.4. The zero-order valence-electron chi connectivity index (χ0n) is 16.7. The number of piperidine rings is 1. The van der Waals surface area contributed by atoms with E-state index in [-0.39, 0.29) is 36.1 Å². The zero-order valence-corrected chi connectivity index (χ0v) is 18.3. The van der Waals surface area contributed by atoms with Crippen molar-refractivity contribution in [2.45, 2.75) is 51.4 Å². The molecule has 1 aliphatic heterocycles. The van der Waals surface area contributed by atoms with Gasteiger partial charge in [-0.15, -0.1) is 24.8 Å². The van der Waals surface area contributed by atoms with Gasteiger partial charge in [0, 0.05) is 26.1 Å². The predicted octanol–water partition coefficient (Wildman–Crippen LogP) is 2.52. The largest absolute Gasteiger partial charge is 0.356 e. The van der Waals surface area contributed by atoms with Crippen LogP contribution in [0.1, 0.15) is 51.4 Å². The maximum Gasteiger partial charge on any atom is 0.220 e. The Hall–Kier alpha value is -0.0700. The first-order valence-electron chi connectivity index (χ1n) is 9.87. The van der Waals surface area contributed by atoms with Gasteiger partial charge in [0.05, 0.1) is 0 Å². The molecular formula is C19H40Cl2N4O. The lowest BCUT2D eigenvalue weighted by molar-refractivity contribution is -0.124. The molecule has 1 saturated heterocycles. The second-order valence-corrected chi connectivity index (χ2v) is 8.33. The lowest BCUT2D eigenvalue weighted by Gasteiger charge is -2.36. The number of hydrogen-bond donors (Lipinski definition) is 2. The van der Waals surface area contributed by atoms with Crippen molar-refractivity contribution in [1.82, 2.24) is 15.1 Å². The topological polar surface area (TPSA) is 61.6 Å². The minimum atomic E-state index is 0. The van der Waals surface area contributed by atoms with Crippen LogP contribution in [0.4, 0.5) is 0 Å². The number of hydrogen-bond acceptors (Lipinski definition) is 4. The standard InChI is InChI=1S/C19H38N4O.2ClH/c1-22(2)12-13-23-10-6-17(7-11-23)15-21-18(24)14-19(16-20)8-4-3-5-9-19;;/h17H,3-16,20H2,1-2H3,(H,21,24);2*1H. The summed E-state index contributed by atoms with van der Waals surface area (Å²) in [5.41, 5.74) is 6.08. The van der Waals surface area contributed by atoms with E-state index < -0.39 is 0 Å². The number of amides is 1. The van der Waals surface area contributed by atoms with Crippen LogP contribution in [-0.2, 0) is 4.79 Å². The van der Waals surface area contributed by atoms with Gasteiger partial charge in [-0.25, -0.2) is 0 Å². The maximum atomic E-state index is 12.4. The van der Waals surface area contributed by atoms with E-state index in [9.17, 15) is 4.79 Å². The molecule has 0 radical (unpaired) electrons. The van der Waals surface area contributed by atoms with Crippen molar-refractivity contribution in [2.24, 2.45) is 17.1 Å². The van der Waals surface area contributed by atoms with Gasteiger partial charge in [0.25, 0.3) is 0 Å². The van der Waals surface area contributed by atoms with Crippen molar-refractivity contribution >= 4 is 30.7 Å². The molecule has 2 aliphatic rings. The molecular weight excluding hydrogens is 371 g/mol. The van der Waals surface area contributed by atoms with Crippen LogP contribution in [-0.4, -0.2) is 69.1 Å². The molecule has 7 heteroatoms. The van der Waals surface area contributed by atoms with Gasteiger partial charge in [-0.05, 0) is 70.7 Å². The number of carbonyl (C=O) groups is 1. The summed E-state index contributed by atoms with van der Waals surface area (Å²) in [7, 11) is 4.26. The first kappa shape index (κ1) is 25.9. The first-order valence-corrected chi connectivity index (χ1v) is 9.87. The monoisotopic (exact) mass is 410 g/mol. The van der Waals surface area contributed by atoms with Crippen molar-refractivity contribution < 1.29 is 4.79 Å². The van der Waals surface area contributed by atoms with E-state index in [1.54, 1.807) is 0 Å². The SMILES string of the molecule is CN(C)CCN1CCC(CNC(=O)CC2(CN)CCCCC2)CC1.Cl.Cl. The summed E-state index contributed by atoms with van der Waals surface area (Å²) in [6.07, 6.45) is 9.06. The second kappa shape index (κ2) is 13.2. The highest BCUT2D eigenvalue weighted by atomic mass is 35.5. The van der Waals surface area contributed by atoms with E-state index in [4.69, 9.17) is 5.73 Å². The van der Waals surface area contributed by atoms with Gasteiger partial charge < -0.3 is 20.9 Å². The summed E-state index contributed by atoms with van der Waals surface area (Å²) in [5, 5.41) is 3.20. The molecule has 2 fully saturated rings. The smallest absolute Gasteiger partial charge is 0.220 e. The van der Waals surface area contributed by atoms with Crippen LogP contribution in [0.2, 0.25) is 0 Å². The van der Waals surface area contributed by atoms with E-state index >= 15 is 0 Å². The lowest BCUT2D eigenvalue weighted by Crippen LogP contribution is -2.42. The Balaban J connectivity index is 0.00000312. The van der Waals surface area contributed by atoms with Crippen molar-refractivity contribution in [3.8, 4) is 0 Å². The van der Waals surface area contributed by atoms with E-state index in [1.807, 2.05) is 0 Å². The molecule has 156 valence electrons. The first-order chi connectivity index (χ1) is 11.5. The van der Waals surface area contributed by atoms with Crippen molar-refractivity contribution in [3.63, 3.8) is 0 Å². The third-order valence-electron chi connectivity index (χ3n) is 6.04. The van der Waals surface area contributed by atoms with Crippen LogP contribution < -0.4 is 11.1 Å². The summed E-state index contributed by atoms with van der Waals surface area (Å²) in [6, 6.07) is 0. The molecule has 1 saturated carbocycles. The normalized spacial score (nSPS) is 20.9. The van der Waals surface area contributed by atoms with Crippen molar-refractivity contribution in [3.05, 3.63) is 0 Å². The predicted molar refractivity (Wildman–Crippen MR) is 114 cm³/mol. The molecule has 0 bridgehead atoms. The quantitative estimate of drug-likeness (QED) is 0.645. The van der Waals surface area contributed by atoms with Crippen LogP contribution in [0.15, 0.2) is 0 Å². The Morgan fingerprint density at radius 3 is 2.31 bits per heavy atom. The molecule has 0 unspecified atom stereocenters. The Morgan fingerprint density at radius 1 is 1.15 bits per heavy atom. The van der Waals surface area contributed by atoms with Crippen molar-refractivity contribution in [1.29, 1.82) is 0 Å². The number of carbonyl (C=O) groups excluding carboxylic acids is 1. The van der Waals surface area contributed by atoms with Gasteiger partial charge in [0.1, 0.15) is 0 Å². The number of likely N-dealkylation sites (N-methyl/N-ethyl adjacent to an activating group) is 1. The Morgan fingerprint density at radius 2 is 1.77 bits per heavy atom.